The second-order valence-electron chi connectivity index (χ2n) is 1.78. The molecule has 0 radical (unpaired) electrons. The standard InChI is InChI=1S/C6H10O3/c1-3-7-6-4-5(2)8-9-6/h4,6H,3H2,1-2H3. The van der Waals surface area contributed by atoms with E-state index in [0.29, 0.717) is 6.61 Å². The number of allylic oxidation sites excluding steroid dienone is 1. The normalized spacial score (nSPS) is 25.6. The third-order valence-corrected chi connectivity index (χ3v) is 0.976. The fraction of sp³-hybridized carbons (Fsp3) is 0.667. The fourth-order valence-electron chi connectivity index (χ4n) is 0.611. The molecule has 0 bridgehead atoms. The van der Waals surface area contributed by atoms with Crippen LogP contribution in [0.1, 0.15) is 13.8 Å². The van der Waals surface area contributed by atoms with Gasteiger partial charge in [-0.3, -0.25) is 0 Å². The van der Waals surface area contributed by atoms with Crippen LogP contribution in [-0.4, -0.2) is 12.9 Å². The highest BCUT2D eigenvalue weighted by atomic mass is 17.2. The topological polar surface area (TPSA) is 27.7 Å². The van der Waals surface area contributed by atoms with Gasteiger partial charge in [-0.2, -0.15) is 4.89 Å². The number of ether oxygens (including phenoxy) is 1. The fourth-order valence-corrected chi connectivity index (χ4v) is 0.611. The Morgan fingerprint density at radius 2 is 2.56 bits per heavy atom. The summed E-state index contributed by atoms with van der Waals surface area (Å²) in [5.74, 6) is 0.758. The van der Waals surface area contributed by atoms with Crippen LogP contribution in [0.5, 0.6) is 0 Å². The zero-order valence-corrected chi connectivity index (χ0v) is 5.59. The molecule has 1 heterocycles. The van der Waals surface area contributed by atoms with Gasteiger partial charge in [-0.05, 0) is 13.8 Å². The predicted molar refractivity (Wildman–Crippen MR) is 31.3 cm³/mol. The van der Waals surface area contributed by atoms with Crippen molar-refractivity contribution in [3.8, 4) is 0 Å². The molecule has 0 aromatic rings. The molecular weight excluding hydrogens is 120 g/mol. The Hall–Kier alpha value is -0.540. The minimum atomic E-state index is -0.296. The molecule has 0 saturated heterocycles. The SMILES string of the molecule is CCOC1C=C(C)OO1. The van der Waals surface area contributed by atoms with Crippen molar-refractivity contribution in [1.82, 2.24) is 0 Å². The summed E-state index contributed by atoms with van der Waals surface area (Å²) in [7, 11) is 0. The lowest BCUT2D eigenvalue weighted by Crippen LogP contribution is -2.08. The lowest BCUT2D eigenvalue weighted by atomic mass is 10.5. The first kappa shape index (κ1) is 6.58. The third-order valence-electron chi connectivity index (χ3n) is 0.976. The van der Waals surface area contributed by atoms with Crippen LogP contribution >= 0.6 is 0 Å². The van der Waals surface area contributed by atoms with Crippen molar-refractivity contribution in [2.24, 2.45) is 0 Å². The Morgan fingerprint density at radius 1 is 1.78 bits per heavy atom. The van der Waals surface area contributed by atoms with E-state index >= 15 is 0 Å². The van der Waals surface area contributed by atoms with E-state index in [2.05, 4.69) is 4.89 Å². The van der Waals surface area contributed by atoms with E-state index in [4.69, 9.17) is 9.62 Å². The first-order valence-electron chi connectivity index (χ1n) is 2.96. The van der Waals surface area contributed by atoms with Gasteiger partial charge < -0.3 is 9.62 Å². The van der Waals surface area contributed by atoms with Gasteiger partial charge in [0.1, 0.15) is 5.76 Å². The molecule has 3 nitrogen and oxygen atoms in total. The number of hydrogen-bond donors (Lipinski definition) is 0. The Labute approximate surface area is 54.1 Å². The summed E-state index contributed by atoms with van der Waals surface area (Å²) in [6.07, 6.45) is 1.48. The first-order valence-corrected chi connectivity index (χ1v) is 2.96. The van der Waals surface area contributed by atoms with Crippen LogP contribution in [0.3, 0.4) is 0 Å². The molecule has 0 amide bonds. The van der Waals surface area contributed by atoms with Crippen LogP contribution in [0.2, 0.25) is 0 Å². The van der Waals surface area contributed by atoms with Crippen molar-refractivity contribution >= 4 is 0 Å². The van der Waals surface area contributed by atoms with Crippen molar-refractivity contribution in [1.29, 1.82) is 0 Å². The molecule has 1 aliphatic heterocycles. The lowest BCUT2D eigenvalue weighted by molar-refractivity contribution is -0.318. The summed E-state index contributed by atoms with van der Waals surface area (Å²) in [6, 6.07) is 0. The van der Waals surface area contributed by atoms with E-state index in [1.54, 1.807) is 6.08 Å². The summed E-state index contributed by atoms with van der Waals surface area (Å²) in [5.41, 5.74) is 0. The predicted octanol–water partition coefficient (Wildman–Crippen LogP) is 1.21. The second kappa shape index (κ2) is 2.85. The molecule has 0 fully saturated rings. The zero-order valence-electron chi connectivity index (χ0n) is 5.59. The molecule has 1 aliphatic rings. The van der Waals surface area contributed by atoms with Gasteiger partial charge in [0.25, 0.3) is 0 Å². The van der Waals surface area contributed by atoms with Gasteiger partial charge in [0, 0.05) is 12.7 Å². The Morgan fingerprint density at radius 3 is 3.00 bits per heavy atom. The quantitative estimate of drug-likeness (QED) is 0.526. The van der Waals surface area contributed by atoms with E-state index in [9.17, 15) is 0 Å². The van der Waals surface area contributed by atoms with E-state index in [-0.39, 0.29) is 6.29 Å². The summed E-state index contributed by atoms with van der Waals surface area (Å²) in [5, 5.41) is 0. The first-order chi connectivity index (χ1) is 4.33. The van der Waals surface area contributed by atoms with Gasteiger partial charge in [-0.15, -0.1) is 0 Å². The van der Waals surface area contributed by atoms with Gasteiger partial charge in [-0.1, -0.05) is 0 Å². The van der Waals surface area contributed by atoms with Crippen LogP contribution in [0.4, 0.5) is 0 Å². The van der Waals surface area contributed by atoms with Crippen molar-refractivity contribution in [3.05, 3.63) is 11.8 Å². The van der Waals surface area contributed by atoms with E-state index in [1.165, 1.54) is 0 Å². The van der Waals surface area contributed by atoms with E-state index in [1.807, 2.05) is 13.8 Å². The zero-order chi connectivity index (χ0) is 6.69. The molecule has 1 atom stereocenters. The third kappa shape index (κ3) is 1.69. The van der Waals surface area contributed by atoms with Crippen LogP contribution < -0.4 is 0 Å². The molecule has 1 rings (SSSR count). The lowest BCUT2D eigenvalue weighted by Gasteiger charge is -2.03. The molecule has 0 aliphatic carbocycles. The molecule has 0 N–H and O–H groups in total. The maximum atomic E-state index is 5.05. The van der Waals surface area contributed by atoms with Crippen molar-refractivity contribution in [3.63, 3.8) is 0 Å². The Kier molecular flexibility index (Phi) is 2.08. The largest absolute Gasteiger partial charge is 0.346 e. The second-order valence-corrected chi connectivity index (χ2v) is 1.78. The Bertz CT molecular complexity index is 119. The average Bonchev–Trinajstić information content (AvgIpc) is 2.17. The monoisotopic (exact) mass is 130 g/mol. The Balaban J connectivity index is 2.29. The summed E-state index contributed by atoms with van der Waals surface area (Å²) in [4.78, 5) is 9.34. The average molecular weight is 130 g/mol. The molecule has 0 saturated carbocycles. The maximum Gasteiger partial charge on any atom is 0.225 e. The van der Waals surface area contributed by atoms with Crippen LogP contribution in [0.15, 0.2) is 11.8 Å². The van der Waals surface area contributed by atoms with Crippen LogP contribution in [0.25, 0.3) is 0 Å². The van der Waals surface area contributed by atoms with Crippen molar-refractivity contribution in [2.75, 3.05) is 6.61 Å². The molecule has 3 heteroatoms. The van der Waals surface area contributed by atoms with Crippen molar-refractivity contribution in [2.45, 2.75) is 20.1 Å². The molecule has 1 unspecified atom stereocenters. The van der Waals surface area contributed by atoms with Crippen LogP contribution in [-0.2, 0) is 14.5 Å². The van der Waals surface area contributed by atoms with Crippen molar-refractivity contribution < 1.29 is 14.5 Å². The van der Waals surface area contributed by atoms with Gasteiger partial charge in [0.15, 0.2) is 0 Å². The van der Waals surface area contributed by atoms with Gasteiger partial charge in [0.2, 0.25) is 6.29 Å². The summed E-state index contributed by atoms with van der Waals surface area (Å²) >= 11 is 0. The highest BCUT2D eigenvalue weighted by Gasteiger charge is 2.14. The van der Waals surface area contributed by atoms with Gasteiger partial charge >= 0.3 is 0 Å². The summed E-state index contributed by atoms with van der Waals surface area (Å²) < 4.78 is 5.05. The smallest absolute Gasteiger partial charge is 0.225 e. The minimum absolute atomic E-state index is 0.296. The molecule has 0 spiro atoms. The highest BCUT2D eigenvalue weighted by Crippen LogP contribution is 2.12. The molecule has 52 valence electrons. The number of hydrogen-bond acceptors (Lipinski definition) is 3. The molecule has 0 aromatic heterocycles. The summed E-state index contributed by atoms with van der Waals surface area (Å²) in [6.45, 7) is 4.36. The highest BCUT2D eigenvalue weighted by molar-refractivity contribution is 4.93. The maximum absolute atomic E-state index is 5.05. The minimum Gasteiger partial charge on any atom is -0.346 e. The van der Waals surface area contributed by atoms with Gasteiger partial charge in [0.05, 0.1) is 0 Å². The number of rotatable bonds is 2. The molecular formula is C6H10O3. The van der Waals surface area contributed by atoms with E-state index < -0.39 is 0 Å². The van der Waals surface area contributed by atoms with E-state index in [0.717, 1.165) is 5.76 Å². The van der Waals surface area contributed by atoms with Gasteiger partial charge in [-0.25, -0.2) is 0 Å². The molecule has 9 heavy (non-hydrogen) atoms. The molecule has 0 aromatic carbocycles. The van der Waals surface area contributed by atoms with Crippen LogP contribution in [0, 0.1) is 0 Å².